The molecule has 2 fully saturated rings. The van der Waals surface area contributed by atoms with Gasteiger partial charge in [0.05, 0.1) is 0 Å². The molecule has 6 nitrogen and oxygen atoms in total. The molecule has 1 aliphatic carbocycles. The third-order valence-corrected chi connectivity index (χ3v) is 7.12. The van der Waals surface area contributed by atoms with Gasteiger partial charge < -0.3 is 5.32 Å². The maximum atomic E-state index is 13.6. The Morgan fingerprint density at radius 3 is 2.38 bits per heavy atom. The molecule has 6 heteroatoms. The summed E-state index contributed by atoms with van der Waals surface area (Å²) in [5.41, 5.74) is 1.91. The first kappa shape index (κ1) is 22.1. The van der Waals surface area contributed by atoms with E-state index < -0.39 is 11.6 Å². The average molecular weight is 456 g/mol. The van der Waals surface area contributed by atoms with Crippen LogP contribution in [0.4, 0.5) is 10.5 Å². The van der Waals surface area contributed by atoms with Crippen molar-refractivity contribution in [3.05, 3.63) is 77.9 Å². The van der Waals surface area contributed by atoms with Gasteiger partial charge in [-0.15, -0.1) is 0 Å². The van der Waals surface area contributed by atoms with E-state index in [0.29, 0.717) is 25.1 Å². The highest BCUT2D eigenvalue weighted by atomic mass is 16.2. The number of anilines is 1. The second-order valence-corrected chi connectivity index (χ2v) is 9.35. The number of benzene rings is 3. The van der Waals surface area contributed by atoms with Crippen LogP contribution in [0.2, 0.25) is 0 Å². The van der Waals surface area contributed by atoms with Gasteiger partial charge in [-0.05, 0) is 48.2 Å². The van der Waals surface area contributed by atoms with Gasteiger partial charge in [0, 0.05) is 12.2 Å². The lowest BCUT2D eigenvalue weighted by Gasteiger charge is -2.38. The van der Waals surface area contributed by atoms with Crippen molar-refractivity contribution in [1.29, 1.82) is 0 Å². The Morgan fingerprint density at radius 2 is 1.62 bits per heavy atom. The highest BCUT2D eigenvalue weighted by molar-refractivity contribution is 6.18. The molecule has 1 saturated heterocycles. The molecule has 5 rings (SSSR count). The molecule has 1 saturated carbocycles. The predicted octanol–water partition coefficient (Wildman–Crippen LogP) is 4.94. The van der Waals surface area contributed by atoms with Crippen LogP contribution in [0.1, 0.15) is 43.2 Å². The number of rotatable bonds is 5. The fourth-order valence-corrected chi connectivity index (χ4v) is 5.34. The van der Waals surface area contributed by atoms with Gasteiger partial charge >= 0.3 is 6.03 Å². The van der Waals surface area contributed by atoms with Gasteiger partial charge in [-0.1, -0.05) is 79.4 Å². The van der Waals surface area contributed by atoms with Crippen molar-refractivity contribution in [3.63, 3.8) is 0 Å². The van der Waals surface area contributed by atoms with Crippen LogP contribution in [0.25, 0.3) is 10.8 Å². The molecule has 3 aromatic rings. The number of amides is 4. The van der Waals surface area contributed by atoms with Crippen LogP contribution in [-0.4, -0.2) is 34.8 Å². The molecule has 1 heterocycles. The van der Waals surface area contributed by atoms with Gasteiger partial charge in [0.1, 0.15) is 12.1 Å². The number of carbonyl (C=O) groups excluding carboxylic acids is 3. The molecule has 0 bridgehead atoms. The summed E-state index contributed by atoms with van der Waals surface area (Å²) >= 11 is 0. The third-order valence-electron chi connectivity index (χ3n) is 7.12. The lowest BCUT2D eigenvalue weighted by atomic mass is 9.80. The van der Waals surface area contributed by atoms with Crippen LogP contribution in [0, 0.1) is 6.92 Å². The zero-order chi connectivity index (χ0) is 23.7. The monoisotopic (exact) mass is 455 g/mol. The molecule has 2 aliphatic rings. The van der Waals surface area contributed by atoms with Crippen LogP contribution in [-0.2, 0) is 16.1 Å². The highest BCUT2D eigenvalue weighted by Gasteiger charge is 2.58. The Hall–Kier alpha value is -3.67. The van der Waals surface area contributed by atoms with Crippen molar-refractivity contribution in [2.45, 2.75) is 51.1 Å². The number of hydrogen-bond acceptors (Lipinski definition) is 3. The number of nitrogens with one attached hydrogen (secondary N) is 1. The van der Waals surface area contributed by atoms with E-state index in [2.05, 4.69) is 5.32 Å². The van der Waals surface area contributed by atoms with Gasteiger partial charge in [-0.3, -0.25) is 19.4 Å². The number of aryl methyl sites for hydroxylation is 1. The Bertz CT molecular complexity index is 1240. The van der Waals surface area contributed by atoms with Crippen molar-refractivity contribution in [2.24, 2.45) is 0 Å². The number of urea groups is 1. The first-order chi connectivity index (χ1) is 16.5. The van der Waals surface area contributed by atoms with Crippen LogP contribution in [0.15, 0.2) is 66.7 Å². The zero-order valence-electron chi connectivity index (χ0n) is 19.4. The normalized spacial score (nSPS) is 17.6. The Morgan fingerprint density at radius 1 is 0.912 bits per heavy atom. The highest BCUT2D eigenvalue weighted by Crippen LogP contribution is 2.43. The molecule has 0 unspecified atom stereocenters. The minimum absolute atomic E-state index is 0.252. The average Bonchev–Trinajstić information content (AvgIpc) is 3.05. The van der Waals surface area contributed by atoms with E-state index >= 15 is 0 Å². The van der Waals surface area contributed by atoms with E-state index in [1.54, 1.807) is 4.90 Å². The second kappa shape index (κ2) is 8.93. The van der Waals surface area contributed by atoms with E-state index in [0.717, 1.165) is 46.1 Å². The zero-order valence-corrected chi connectivity index (χ0v) is 19.4. The van der Waals surface area contributed by atoms with Crippen molar-refractivity contribution in [3.8, 4) is 0 Å². The van der Waals surface area contributed by atoms with E-state index in [9.17, 15) is 14.4 Å². The minimum atomic E-state index is -0.888. The smallest absolute Gasteiger partial charge is 0.332 e. The Kier molecular flexibility index (Phi) is 5.82. The summed E-state index contributed by atoms with van der Waals surface area (Å²) in [5.74, 6) is -0.593. The van der Waals surface area contributed by atoms with Gasteiger partial charge in [0.15, 0.2) is 0 Å². The van der Waals surface area contributed by atoms with Gasteiger partial charge in [0.25, 0.3) is 5.91 Å². The van der Waals surface area contributed by atoms with E-state index in [-0.39, 0.29) is 18.4 Å². The Labute approximate surface area is 199 Å². The van der Waals surface area contributed by atoms with Crippen LogP contribution in [0.5, 0.6) is 0 Å². The van der Waals surface area contributed by atoms with E-state index in [1.807, 2.05) is 73.7 Å². The van der Waals surface area contributed by atoms with Gasteiger partial charge in [0.2, 0.25) is 5.91 Å². The van der Waals surface area contributed by atoms with Crippen molar-refractivity contribution < 1.29 is 14.4 Å². The summed E-state index contributed by atoms with van der Waals surface area (Å²) in [6, 6.07) is 21.3. The first-order valence-electron chi connectivity index (χ1n) is 12.0. The molecule has 3 aromatic carbocycles. The van der Waals surface area contributed by atoms with Crippen LogP contribution < -0.4 is 10.2 Å². The second-order valence-electron chi connectivity index (χ2n) is 9.35. The summed E-state index contributed by atoms with van der Waals surface area (Å²) < 4.78 is 0. The summed E-state index contributed by atoms with van der Waals surface area (Å²) in [6.07, 6.45) is 4.08. The molecular weight excluding hydrogens is 426 g/mol. The largest absolute Gasteiger partial charge is 0.350 e. The lowest BCUT2D eigenvalue weighted by Crippen LogP contribution is -2.51. The number of fused-ring (bicyclic) bond motifs is 1. The molecule has 1 spiro atoms. The number of carbonyl (C=O) groups is 3. The summed E-state index contributed by atoms with van der Waals surface area (Å²) in [4.78, 5) is 42.8. The lowest BCUT2D eigenvalue weighted by molar-refractivity contribution is -0.135. The maximum Gasteiger partial charge on any atom is 0.332 e. The van der Waals surface area contributed by atoms with E-state index in [4.69, 9.17) is 0 Å². The standard InChI is InChI=1S/C28H29N3O3/c1-20-12-14-23(15-13-20)31-27(34)30(26(33)28(31)16-5-2-6-17-28)19-25(32)29-18-22-10-7-9-21-8-3-4-11-24(21)22/h3-4,7-15H,2,5-6,16-19H2,1H3,(H,29,32). The molecule has 1 aliphatic heterocycles. The molecule has 4 amide bonds. The van der Waals surface area contributed by atoms with Crippen LogP contribution in [0.3, 0.4) is 0 Å². The maximum absolute atomic E-state index is 13.6. The number of hydrogen-bond donors (Lipinski definition) is 1. The molecule has 0 radical (unpaired) electrons. The third kappa shape index (κ3) is 3.83. The summed E-state index contributed by atoms with van der Waals surface area (Å²) in [6.45, 7) is 2.06. The van der Waals surface area contributed by atoms with Crippen molar-refractivity contribution in [1.82, 2.24) is 10.2 Å². The molecular formula is C28H29N3O3. The first-order valence-corrected chi connectivity index (χ1v) is 12.0. The van der Waals surface area contributed by atoms with Gasteiger partial charge in [-0.25, -0.2) is 4.79 Å². The minimum Gasteiger partial charge on any atom is -0.350 e. The van der Waals surface area contributed by atoms with Crippen molar-refractivity contribution in [2.75, 3.05) is 11.4 Å². The van der Waals surface area contributed by atoms with Crippen LogP contribution >= 0.6 is 0 Å². The fraction of sp³-hybridized carbons (Fsp3) is 0.321. The molecule has 1 N–H and O–H groups in total. The number of imide groups is 1. The quantitative estimate of drug-likeness (QED) is 0.554. The van der Waals surface area contributed by atoms with E-state index in [1.165, 1.54) is 0 Å². The number of nitrogens with zero attached hydrogens (tertiary/aromatic N) is 2. The van der Waals surface area contributed by atoms with Gasteiger partial charge in [-0.2, -0.15) is 0 Å². The SMILES string of the molecule is Cc1ccc(N2C(=O)N(CC(=O)NCc3cccc4ccccc34)C(=O)C23CCCCC3)cc1. The Balaban J connectivity index is 1.35. The topological polar surface area (TPSA) is 69.7 Å². The summed E-state index contributed by atoms with van der Waals surface area (Å²) in [7, 11) is 0. The summed E-state index contributed by atoms with van der Waals surface area (Å²) in [5, 5.41) is 5.09. The molecule has 0 atom stereocenters. The molecule has 34 heavy (non-hydrogen) atoms. The van der Waals surface area contributed by atoms with Crippen molar-refractivity contribution >= 4 is 34.3 Å². The molecule has 174 valence electrons. The fourth-order valence-electron chi connectivity index (χ4n) is 5.34. The molecule has 0 aromatic heterocycles. The predicted molar refractivity (Wildman–Crippen MR) is 132 cm³/mol.